The molecule has 2 aromatic rings. The molecule has 5 heteroatoms. The summed E-state index contributed by atoms with van der Waals surface area (Å²) in [5, 5.41) is 0. The third-order valence-electron chi connectivity index (χ3n) is 6.90. The van der Waals surface area contributed by atoms with Gasteiger partial charge < -0.3 is 14.2 Å². The van der Waals surface area contributed by atoms with Crippen LogP contribution in [0, 0.1) is 34.6 Å². The Morgan fingerprint density at radius 2 is 1.06 bits per heavy atom. The van der Waals surface area contributed by atoms with Crippen molar-refractivity contribution in [2.75, 3.05) is 0 Å². The van der Waals surface area contributed by atoms with Gasteiger partial charge in [0.05, 0.1) is 12.2 Å². The van der Waals surface area contributed by atoms with Crippen molar-refractivity contribution in [2.24, 2.45) is 0 Å². The van der Waals surface area contributed by atoms with Gasteiger partial charge in [-0.15, -0.1) is 0 Å². The van der Waals surface area contributed by atoms with Gasteiger partial charge in [-0.3, -0.25) is 0 Å². The van der Waals surface area contributed by atoms with Gasteiger partial charge >= 0.3 is 6.61 Å². The Hall–Kier alpha value is -2.30. The van der Waals surface area contributed by atoms with Crippen LogP contribution < -0.4 is 14.2 Å². The highest BCUT2D eigenvalue weighted by molar-refractivity contribution is 5.50. The smallest absolute Gasteiger partial charge is 0.387 e. The number of ether oxygens (including phenoxy) is 3. The molecule has 2 aliphatic rings. The summed E-state index contributed by atoms with van der Waals surface area (Å²) in [7, 11) is 0. The number of hydrogen-bond acceptors (Lipinski definition) is 3. The number of benzene rings is 2. The molecule has 4 rings (SSSR count). The summed E-state index contributed by atoms with van der Waals surface area (Å²) in [5.41, 5.74) is 5.80. The second-order valence-electron chi connectivity index (χ2n) is 9.42. The minimum atomic E-state index is -2.82. The van der Waals surface area contributed by atoms with E-state index in [1.54, 1.807) is 12.1 Å². The zero-order valence-electron chi connectivity index (χ0n) is 20.7. The summed E-state index contributed by atoms with van der Waals surface area (Å²) < 4.78 is 41.2. The van der Waals surface area contributed by atoms with Crippen LogP contribution in [-0.4, -0.2) is 18.8 Å². The molecule has 0 amide bonds. The van der Waals surface area contributed by atoms with E-state index in [0.717, 1.165) is 42.6 Å². The van der Waals surface area contributed by atoms with E-state index in [1.165, 1.54) is 42.4 Å². The molecule has 0 bridgehead atoms. The Morgan fingerprint density at radius 3 is 1.58 bits per heavy atom. The molecule has 2 aromatic carbocycles. The molecule has 2 saturated carbocycles. The van der Waals surface area contributed by atoms with E-state index >= 15 is 0 Å². The molecule has 0 aromatic heterocycles. The average molecular weight is 461 g/mol. The van der Waals surface area contributed by atoms with Crippen molar-refractivity contribution in [3.8, 4) is 17.2 Å². The first-order valence-corrected chi connectivity index (χ1v) is 12.2. The number of hydrogen-bond donors (Lipinski definition) is 0. The first-order chi connectivity index (χ1) is 15.8. The second-order valence-corrected chi connectivity index (χ2v) is 9.42. The van der Waals surface area contributed by atoms with Crippen LogP contribution in [0.3, 0.4) is 0 Å². The van der Waals surface area contributed by atoms with Crippen LogP contribution in [0.25, 0.3) is 0 Å². The van der Waals surface area contributed by atoms with Gasteiger partial charge in [0.2, 0.25) is 0 Å². The Balaban J connectivity index is 0.000000189. The van der Waals surface area contributed by atoms with Crippen molar-refractivity contribution < 1.29 is 23.0 Å². The number of halogens is 2. The highest BCUT2D eigenvalue weighted by atomic mass is 19.3. The maximum atomic E-state index is 12.4. The fraction of sp³-hybridized carbons (Fsp3) is 0.571. The summed E-state index contributed by atoms with van der Waals surface area (Å²) in [6.45, 7) is 7.43. The SMILES string of the molecule is Cc1ccc(C)c(OC2CCCC2)c1C.Cc1ccc(OC(F)F)c(OC2CCCC2)c1C. The molecule has 3 nitrogen and oxygen atoms in total. The van der Waals surface area contributed by atoms with Crippen molar-refractivity contribution in [2.45, 2.75) is 105 Å². The van der Waals surface area contributed by atoms with Gasteiger partial charge in [0.25, 0.3) is 0 Å². The molecule has 33 heavy (non-hydrogen) atoms. The minimum Gasteiger partial charge on any atom is -0.490 e. The van der Waals surface area contributed by atoms with Crippen LogP contribution in [-0.2, 0) is 0 Å². The second kappa shape index (κ2) is 11.7. The molecule has 0 atom stereocenters. The Morgan fingerprint density at radius 1 is 0.636 bits per heavy atom. The summed E-state index contributed by atoms with van der Waals surface area (Å²) in [5.74, 6) is 1.74. The standard InChI is InChI=1S/C14H18F2O2.C14H20O/c1-9-7-8-12(18-14(15)16)13(10(9)2)17-11-5-3-4-6-11;1-10-8-9-11(2)14(12(10)3)15-13-6-4-5-7-13/h7-8,11,14H,3-6H2,1-2H3;8-9,13H,4-7H2,1-3H3. The van der Waals surface area contributed by atoms with Gasteiger partial charge in [-0.2, -0.15) is 8.78 Å². The van der Waals surface area contributed by atoms with Crippen LogP contribution in [0.15, 0.2) is 24.3 Å². The monoisotopic (exact) mass is 460 g/mol. The molecule has 2 aliphatic carbocycles. The number of rotatable bonds is 6. The molecule has 0 radical (unpaired) electrons. The minimum absolute atomic E-state index is 0.130. The Labute approximate surface area is 197 Å². The fourth-order valence-electron chi connectivity index (χ4n) is 4.55. The molecule has 0 saturated heterocycles. The molecule has 0 spiro atoms. The van der Waals surface area contributed by atoms with Crippen LogP contribution >= 0.6 is 0 Å². The largest absolute Gasteiger partial charge is 0.490 e. The van der Waals surface area contributed by atoms with Crippen molar-refractivity contribution >= 4 is 0 Å². The molecule has 0 N–H and O–H groups in total. The highest BCUT2D eigenvalue weighted by Crippen LogP contribution is 2.37. The van der Waals surface area contributed by atoms with Gasteiger partial charge in [0.15, 0.2) is 11.5 Å². The normalized spacial score (nSPS) is 16.6. The maximum Gasteiger partial charge on any atom is 0.387 e. The van der Waals surface area contributed by atoms with Crippen LogP contribution in [0.2, 0.25) is 0 Å². The first kappa shape index (κ1) is 25.3. The van der Waals surface area contributed by atoms with E-state index in [4.69, 9.17) is 9.47 Å². The summed E-state index contributed by atoms with van der Waals surface area (Å²) in [6.07, 6.45) is 9.96. The highest BCUT2D eigenvalue weighted by Gasteiger charge is 2.22. The lowest BCUT2D eigenvalue weighted by Gasteiger charge is -2.19. The third-order valence-corrected chi connectivity index (χ3v) is 6.90. The predicted molar refractivity (Wildman–Crippen MR) is 129 cm³/mol. The van der Waals surface area contributed by atoms with Gasteiger partial charge in [-0.05, 0) is 120 Å². The predicted octanol–water partition coefficient (Wildman–Crippen LogP) is 8.16. The van der Waals surface area contributed by atoms with E-state index in [1.807, 2.05) is 13.8 Å². The topological polar surface area (TPSA) is 27.7 Å². The van der Waals surface area contributed by atoms with Crippen molar-refractivity contribution in [3.63, 3.8) is 0 Å². The Kier molecular flexibility index (Phi) is 8.99. The third kappa shape index (κ3) is 6.84. The molecule has 0 aliphatic heterocycles. The first-order valence-electron chi connectivity index (χ1n) is 12.2. The fourth-order valence-corrected chi connectivity index (χ4v) is 4.55. The van der Waals surface area contributed by atoms with Crippen LogP contribution in [0.1, 0.15) is 79.2 Å². The average Bonchev–Trinajstić information content (AvgIpc) is 3.48. The van der Waals surface area contributed by atoms with E-state index < -0.39 is 6.61 Å². The van der Waals surface area contributed by atoms with Crippen LogP contribution in [0.5, 0.6) is 17.2 Å². The van der Waals surface area contributed by atoms with Crippen LogP contribution in [0.4, 0.5) is 8.78 Å². The lowest BCUT2D eigenvalue weighted by molar-refractivity contribution is -0.0521. The molecular weight excluding hydrogens is 422 g/mol. The Bertz CT molecular complexity index is 914. The van der Waals surface area contributed by atoms with E-state index in [9.17, 15) is 8.78 Å². The quantitative estimate of drug-likeness (QED) is 0.435. The molecule has 0 unspecified atom stereocenters. The lowest BCUT2D eigenvalue weighted by atomic mass is 10.1. The van der Waals surface area contributed by atoms with Gasteiger partial charge in [-0.25, -0.2) is 0 Å². The van der Waals surface area contributed by atoms with Gasteiger partial charge in [-0.1, -0.05) is 18.2 Å². The summed E-state index contributed by atoms with van der Waals surface area (Å²) in [4.78, 5) is 0. The lowest BCUT2D eigenvalue weighted by Crippen LogP contribution is -2.14. The number of alkyl halides is 2. The van der Waals surface area contributed by atoms with E-state index in [2.05, 4.69) is 37.6 Å². The molecular formula is C28H38F2O3. The van der Waals surface area contributed by atoms with E-state index in [-0.39, 0.29) is 11.9 Å². The van der Waals surface area contributed by atoms with Crippen molar-refractivity contribution in [1.29, 1.82) is 0 Å². The molecule has 2 fully saturated rings. The number of aryl methyl sites for hydroxylation is 3. The summed E-state index contributed by atoms with van der Waals surface area (Å²) >= 11 is 0. The van der Waals surface area contributed by atoms with E-state index in [0.29, 0.717) is 11.9 Å². The van der Waals surface area contributed by atoms with Crippen molar-refractivity contribution in [3.05, 3.63) is 52.1 Å². The van der Waals surface area contributed by atoms with Crippen molar-refractivity contribution in [1.82, 2.24) is 0 Å². The zero-order chi connectivity index (χ0) is 24.0. The zero-order valence-corrected chi connectivity index (χ0v) is 20.7. The maximum absolute atomic E-state index is 12.4. The van der Waals surface area contributed by atoms with Gasteiger partial charge in [0, 0.05) is 0 Å². The summed E-state index contributed by atoms with van der Waals surface area (Å²) in [6, 6.07) is 7.66. The van der Waals surface area contributed by atoms with Gasteiger partial charge in [0.1, 0.15) is 5.75 Å². The molecule has 0 heterocycles. The molecule has 182 valence electrons.